The fraction of sp³-hybridized carbons (Fsp3) is 0.761. The third kappa shape index (κ3) is 43.0. The summed E-state index contributed by atoms with van der Waals surface area (Å²) in [5.41, 5.74) is 0. The van der Waals surface area contributed by atoms with Crippen LogP contribution < -0.4 is 0 Å². The SMILES string of the molecule is CCCCCC=CCC=CCC=CCC=CCCCC(=O)O[C@H](COC=CCCCCCCCCCCCCCCCC)COP(=O)(O)OCC[N+](C)(C)C. The molecular weight excluding hydrogens is 709 g/mol. The first-order valence-electron chi connectivity index (χ1n) is 22.1. The van der Waals surface area contributed by atoms with Crippen LogP contribution in [0.1, 0.15) is 174 Å². The molecule has 0 heterocycles. The number of likely N-dealkylation sites (N-methyl/N-ethyl adjacent to an activating group) is 1. The molecule has 320 valence electrons. The zero-order valence-corrected chi connectivity index (χ0v) is 37.0. The van der Waals surface area contributed by atoms with Crippen molar-refractivity contribution in [3.63, 3.8) is 0 Å². The molecule has 2 atom stereocenters. The second kappa shape index (κ2) is 38.9. The number of quaternary nitrogens is 1. The Balaban J connectivity index is 4.39. The van der Waals surface area contributed by atoms with Gasteiger partial charge in [-0.1, -0.05) is 159 Å². The van der Waals surface area contributed by atoms with Crippen LogP contribution in [0.2, 0.25) is 0 Å². The predicted molar refractivity (Wildman–Crippen MR) is 233 cm³/mol. The van der Waals surface area contributed by atoms with Gasteiger partial charge < -0.3 is 18.9 Å². The summed E-state index contributed by atoms with van der Waals surface area (Å²) in [6.07, 6.45) is 49.3. The zero-order valence-electron chi connectivity index (χ0n) is 36.1. The Morgan fingerprint density at radius 3 is 1.55 bits per heavy atom. The number of esters is 1. The number of phosphoric acid groups is 1. The molecule has 0 fully saturated rings. The molecule has 0 aliphatic carbocycles. The molecule has 9 heteroatoms. The van der Waals surface area contributed by atoms with Gasteiger partial charge in [-0.3, -0.25) is 13.8 Å². The van der Waals surface area contributed by atoms with Crippen molar-refractivity contribution in [2.75, 3.05) is 47.5 Å². The fourth-order valence-corrected chi connectivity index (χ4v) is 6.43. The van der Waals surface area contributed by atoms with E-state index in [1.54, 1.807) is 6.26 Å². The van der Waals surface area contributed by atoms with Crippen molar-refractivity contribution in [1.29, 1.82) is 0 Å². The zero-order chi connectivity index (χ0) is 40.6. The van der Waals surface area contributed by atoms with Crippen LogP contribution >= 0.6 is 7.82 Å². The number of unbranched alkanes of at least 4 members (excludes halogenated alkanes) is 18. The average molecular weight is 795 g/mol. The minimum absolute atomic E-state index is 0.0248. The summed E-state index contributed by atoms with van der Waals surface area (Å²) in [6.45, 7) is 4.84. The molecule has 0 aliphatic heterocycles. The molecule has 8 nitrogen and oxygen atoms in total. The number of allylic oxidation sites excluding steroid dienone is 9. The first-order valence-corrected chi connectivity index (χ1v) is 23.6. The topological polar surface area (TPSA) is 91.3 Å². The van der Waals surface area contributed by atoms with Crippen molar-refractivity contribution in [1.82, 2.24) is 0 Å². The van der Waals surface area contributed by atoms with Gasteiger partial charge in [0.05, 0.1) is 34.0 Å². The van der Waals surface area contributed by atoms with Crippen molar-refractivity contribution in [2.24, 2.45) is 0 Å². The molecular formula is C46H85NO7P+. The summed E-state index contributed by atoms with van der Waals surface area (Å²) in [6, 6.07) is 0. The third-order valence-electron chi connectivity index (χ3n) is 9.15. The number of carbonyl (C=O) groups is 1. The normalized spacial score (nSPS) is 14.3. The maximum Gasteiger partial charge on any atom is 0.472 e. The Morgan fingerprint density at radius 1 is 0.582 bits per heavy atom. The molecule has 0 bridgehead atoms. The van der Waals surface area contributed by atoms with Crippen molar-refractivity contribution >= 4 is 13.8 Å². The van der Waals surface area contributed by atoms with Crippen LogP contribution in [0.5, 0.6) is 0 Å². The van der Waals surface area contributed by atoms with Gasteiger partial charge in [-0.2, -0.15) is 0 Å². The lowest BCUT2D eigenvalue weighted by molar-refractivity contribution is -0.870. The van der Waals surface area contributed by atoms with Crippen LogP contribution in [0.15, 0.2) is 60.9 Å². The number of phosphoric ester groups is 1. The summed E-state index contributed by atoms with van der Waals surface area (Å²) < 4.78 is 34.7. The largest absolute Gasteiger partial charge is 0.498 e. The summed E-state index contributed by atoms with van der Waals surface area (Å²) in [5, 5.41) is 0. The van der Waals surface area contributed by atoms with Gasteiger partial charge >= 0.3 is 13.8 Å². The molecule has 0 spiro atoms. The smallest absolute Gasteiger partial charge is 0.472 e. The Morgan fingerprint density at radius 2 is 1.02 bits per heavy atom. The number of hydrogen-bond acceptors (Lipinski definition) is 6. The highest BCUT2D eigenvalue weighted by Crippen LogP contribution is 2.43. The molecule has 1 N–H and O–H groups in total. The predicted octanol–water partition coefficient (Wildman–Crippen LogP) is 13.3. The highest BCUT2D eigenvalue weighted by molar-refractivity contribution is 7.47. The van der Waals surface area contributed by atoms with E-state index >= 15 is 0 Å². The Bertz CT molecular complexity index is 1060. The van der Waals surface area contributed by atoms with Gasteiger partial charge in [-0.15, -0.1) is 0 Å². The molecule has 0 aliphatic rings. The lowest BCUT2D eigenvalue weighted by atomic mass is 10.0. The maximum absolute atomic E-state index is 12.7. The van der Waals surface area contributed by atoms with Gasteiger partial charge in [0, 0.05) is 6.42 Å². The van der Waals surface area contributed by atoms with E-state index in [2.05, 4.69) is 62.5 Å². The van der Waals surface area contributed by atoms with Crippen LogP contribution in [0.3, 0.4) is 0 Å². The lowest BCUT2D eigenvalue weighted by Crippen LogP contribution is -2.37. The van der Waals surface area contributed by atoms with Crippen molar-refractivity contribution in [2.45, 2.75) is 180 Å². The number of ether oxygens (including phenoxy) is 2. The molecule has 55 heavy (non-hydrogen) atoms. The lowest BCUT2D eigenvalue weighted by Gasteiger charge is -2.24. The Kier molecular flexibility index (Phi) is 37.5. The first-order chi connectivity index (χ1) is 26.6. The monoisotopic (exact) mass is 795 g/mol. The maximum atomic E-state index is 12.7. The van der Waals surface area contributed by atoms with Crippen molar-refractivity contribution < 1.29 is 37.3 Å². The van der Waals surface area contributed by atoms with E-state index in [4.69, 9.17) is 18.5 Å². The van der Waals surface area contributed by atoms with Crippen LogP contribution in [0.25, 0.3) is 0 Å². The number of carbonyl (C=O) groups excluding carboxylic acids is 1. The quantitative estimate of drug-likeness (QED) is 0.0165. The molecule has 0 rings (SSSR count). The molecule has 0 aromatic heterocycles. The number of nitrogens with zero attached hydrogens (tertiary/aromatic N) is 1. The van der Waals surface area contributed by atoms with Gasteiger partial charge in [0.2, 0.25) is 0 Å². The molecule has 0 saturated heterocycles. The molecule has 0 saturated carbocycles. The Labute approximate surface area is 339 Å². The molecule has 1 unspecified atom stereocenters. The minimum atomic E-state index is -4.31. The van der Waals surface area contributed by atoms with Gasteiger partial charge in [-0.25, -0.2) is 4.57 Å². The average Bonchev–Trinajstić information content (AvgIpc) is 3.13. The molecule has 0 amide bonds. The highest BCUT2D eigenvalue weighted by Gasteiger charge is 2.26. The van der Waals surface area contributed by atoms with Gasteiger partial charge in [-0.05, 0) is 63.9 Å². The van der Waals surface area contributed by atoms with E-state index in [9.17, 15) is 14.3 Å². The van der Waals surface area contributed by atoms with Gasteiger partial charge in [0.1, 0.15) is 19.8 Å². The summed E-state index contributed by atoms with van der Waals surface area (Å²) in [4.78, 5) is 22.8. The van der Waals surface area contributed by atoms with E-state index in [0.717, 1.165) is 38.5 Å². The van der Waals surface area contributed by atoms with E-state index in [1.807, 2.05) is 27.2 Å². The van der Waals surface area contributed by atoms with E-state index in [0.29, 0.717) is 17.4 Å². The standard InChI is InChI=1S/C46H84NO7P/c1-6-8-10-12-14-16-18-20-22-24-25-27-29-31-33-35-37-39-46(48)54-45(44-53-55(49,50)52-42-40-47(3,4)5)43-51-41-38-36-34-32-30-28-26-23-21-19-17-15-13-11-9-7-2/h14,16,20,22,25,27,31,33,38,41,45H,6-13,15,17-19,21,23-24,26,28-30,32,34-37,39-40,42-44H2,1-5H3/p+1/t45-/m1/s1. The van der Waals surface area contributed by atoms with Crippen molar-refractivity contribution in [3.8, 4) is 0 Å². The number of rotatable bonds is 40. The molecule has 0 aromatic rings. The fourth-order valence-electron chi connectivity index (χ4n) is 5.69. The second-order valence-corrected chi connectivity index (χ2v) is 17.2. The summed E-state index contributed by atoms with van der Waals surface area (Å²) in [5.74, 6) is -0.391. The second-order valence-electron chi connectivity index (χ2n) is 15.8. The van der Waals surface area contributed by atoms with E-state index in [1.165, 1.54) is 109 Å². The summed E-state index contributed by atoms with van der Waals surface area (Å²) in [7, 11) is 1.60. The first kappa shape index (κ1) is 53.0. The van der Waals surface area contributed by atoms with Crippen LogP contribution in [0, 0.1) is 0 Å². The van der Waals surface area contributed by atoms with E-state index < -0.39 is 19.9 Å². The molecule has 0 radical (unpaired) electrons. The summed E-state index contributed by atoms with van der Waals surface area (Å²) >= 11 is 0. The van der Waals surface area contributed by atoms with Crippen LogP contribution in [-0.4, -0.2) is 69.0 Å². The molecule has 0 aromatic carbocycles. The third-order valence-corrected chi connectivity index (χ3v) is 10.1. The highest BCUT2D eigenvalue weighted by atomic mass is 31.2. The van der Waals surface area contributed by atoms with Gasteiger partial charge in [0.25, 0.3) is 0 Å². The van der Waals surface area contributed by atoms with Crippen LogP contribution in [-0.2, 0) is 27.9 Å². The van der Waals surface area contributed by atoms with E-state index in [-0.39, 0.29) is 26.2 Å². The van der Waals surface area contributed by atoms with Crippen molar-refractivity contribution in [3.05, 3.63) is 60.9 Å². The van der Waals surface area contributed by atoms with Crippen LogP contribution in [0.4, 0.5) is 0 Å². The Hall–Kier alpha value is -1.96. The van der Waals surface area contributed by atoms with Gasteiger partial charge in [0.15, 0.2) is 6.10 Å². The number of hydrogen-bond donors (Lipinski definition) is 1. The minimum Gasteiger partial charge on any atom is -0.498 e.